The van der Waals surface area contributed by atoms with E-state index >= 15 is 0 Å². The summed E-state index contributed by atoms with van der Waals surface area (Å²) >= 11 is 0. The number of aliphatic hydroxyl groups excluding tert-OH is 3. The molecule has 6 N–H and O–H groups in total. The summed E-state index contributed by atoms with van der Waals surface area (Å²) < 4.78 is 18.1. The van der Waals surface area contributed by atoms with Crippen LogP contribution in [0.4, 0.5) is 0 Å². The van der Waals surface area contributed by atoms with Crippen molar-refractivity contribution in [3.05, 3.63) is 23.3 Å². The normalized spacial score (nSPS) is 14.2. The Hall–Kier alpha value is -2.88. The summed E-state index contributed by atoms with van der Waals surface area (Å²) in [7, 11) is 0. The Labute approximate surface area is 162 Å². The topological polar surface area (TPSA) is 227 Å². The zero-order valence-corrected chi connectivity index (χ0v) is 14.8. The highest BCUT2D eigenvalue weighted by atomic mass is 16.8. The smallest absolute Gasteiger partial charge is 0.333 e. The SMILES string of the molecule is O=C(O)C/C(=C/C(O)OCOCOC(=O)/C=C(/CC(O)OCO)C(=O)O)C(=O)O. The first kappa shape index (κ1) is 26.1. The summed E-state index contributed by atoms with van der Waals surface area (Å²) in [6.07, 6.45) is -3.78. The standard InChI is InChI=1S/C15H20O14/c16-5-27-11(19)3-9(15(24)25)4-13(21)29-7-26-6-28-12(20)2-8(14(22)23)1-10(17)18/h2,4,11-12,16,19-20H,1,3,5-7H2,(H,17,18)(H,22,23)(H,24,25)/b8-2-,9-4-. The highest BCUT2D eigenvalue weighted by Crippen LogP contribution is 2.08. The van der Waals surface area contributed by atoms with Crippen molar-refractivity contribution in [3.63, 3.8) is 0 Å². The van der Waals surface area contributed by atoms with E-state index in [9.17, 15) is 29.4 Å². The highest BCUT2D eigenvalue weighted by Gasteiger charge is 2.17. The van der Waals surface area contributed by atoms with Crippen LogP contribution < -0.4 is 0 Å². The largest absolute Gasteiger partial charge is 0.481 e. The minimum absolute atomic E-state index is 0.541. The molecule has 29 heavy (non-hydrogen) atoms. The van der Waals surface area contributed by atoms with E-state index in [1.54, 1.807) is 0 Å². The van der Waals surface area contributed by atoms with E-state index in [1.807, 2.05) is 0 Å². The maximum atomic E-state index is 11.5. The average molecular weight is 424 g/mol. The molecule has 0 aliphatic heterocycles. The third-order valence-electron chi connectivity index (χ3n) is 2.80. The number of esters is 1. The molecule has 2 unspecified atom stereocenters. The minimum Gasteiger partial charge on any atom is -0.481 e. The summed E-state index contributed by atoms with van der Waals surface area (Å²) in [5.74, 6) is -5.70. The molecule has 0 aliphatic carbocycles. The van der Waals surface area contributed by atoms with E-state index in [-0.39, 0.29) is 0 Å². The lowest BCUT2D eigenvalue weighted by atomic mass is 10.1. The van der Waals surface area contributed by atoms with Crippen molar-refractivity contribution in [1.29, 1.82) is 0 Å². The lowest BCUT2D eigenvalue weighted by molar-refractivity contribution is -0.186. The van der Waals surface area contributed by atoms with Crippen LogP contribution in [0.3, 0.4) is 0 Å². The maximum Gasteiger partial charge on any atom is 0.333 e. The van der Waals surface area contributed by atoms with Crippen LogP contribution in [0.1, 0.15) is 12.8 Å². The molecule has 0 saturated heterocycles. The Bertz CT molecular complexity index is 637. The van der Waals surface area contributed by atoms with Crippen molar-refractivity contribution in [3.8, 4) is 0 Å². The number of ether oxygens (including phenoxy) is 4. The van der Waals surface area contributed by atoms with Crippen LogP contribution in [-0.2, 0) is 38.1 Å². The second-order valence-corrected chi connectivity index (χ2v) is 4.96. The van der Waals surface area contributed by atoms with Gasteiger partial charge in [-0.25, -0.2) is 14.4 Å². The summed E-state index contributed by atoms with van der Waals surface area (Å²) in [6, 6.07) is 0. The molecule has 0 heterocycles. The van der Waals surface area contributed by atoms with Crippen LogP contribution in [0, 0.1) is 0 Å². The second-order valence-electron chi connectivity index (χ2n) is 4.96. The predicted molar refractivity (Wildman–Crippen MR) is 86.5 cm³/mol. The second kappa shape index (κ2) is 14.2. The van der Waals surface area contributed by atoms with E-state index < -0.39 is 80.8 Å². The monoisotopic (exact) mass is 424 g/mol. The van der Waals surface area contributed by atoms with Gasteiger partial charge in [0, 0.05) is 23.6 Å². The summed E-state index contributed by atoms with van der Waals surface area (Å²) in [6.45, 7) is -2.30. The van der Waals surface area contributed by atoms with Gasteiger partial charge in [-0.1, -0.05) is 0 Å². The van der Waals surface area contributed by atoms with Gasteiger partial charge in [0.25, 0.3) is 0 Å². The third-order valence-corrected chi connectivity index (χ3v) is 2.80. The number of carboxylic acid groups (broad SMARTS) is 3. The highest BCUT2D eigenvalue weighted by molar-refractivity contribution is 5.95. The number of carbonyl (C=O) groups excluding carboxylic acids is 1. The fraction of sp³-hybridized carbons (Fsp3) is 0.467. The quantitative estimate of drug-likeness (QED) is 0.0721. The van der Waals surface area contributed by atoms with Crippen molar-refractivity contribution >= 4 is 23.9 Å². The number of hydrogen-bond donors (Lipinski definition) is 6. The van der Waals surface area contributed by atoms with Crippen molar-refractivity contribution < 1.29 is 68.8 Å². The first-order chi connectivity index (χ1) is 13.6. The minimum atomic E-state index is -1.82. The van der Waals surface area contributed by atoms with Gasteiger partial charge in [0.2, 0.25) is 0 Å². The number of carboxylic acids is 3. The van der Waals surface area contributed by atoms with Crippen molar-refractivity contribution in [2.24, 2.45) is 0 Å². The molecule has 0 aromatic carbocycles. The molecule has 0 bridgehead atoms. The fourth-order valence-corrected chi connectivity index (χ4v) is 1.57. The Morgan fingerprint density at radius 2 is 1.52 bits per heavy atom. The van der Waals surface area contributed by atoms with Gasteiger partial charge in [-0.3, -0.25) is 4.79 Å². The van der Waals surface area contributed by atoms with Crippen molar-refractivity contribution in [1.82, 2.24) is 0 Å². The molecular weight excluding hydrogens is 404 g/mol. The van der Waals surface area contributed by atoms with Gasteiger partial charge in [-0.15, -0.1) is 0 Å². The molecule has 14 heteroatoms. The first-order valence-corrected chi connectivity index (χ1v) is 7.61. The Balaban J connectivity index is 4.41. The summed E-state index contributed by atoms with van der Waals surface area (Å²) in [4.78, 5) is 43.7. The zero-order chi connectivity index (χ0) is 22.4. The third kappa shape index (κ3) is 13.0. The van der Waals surface area contributed by atoms with Crippen LogP contribution in [0.5, 0.6) is 0 Å². The molecule has 0 saturated carbocycles. The molecule has 0 rings (SSSR count). The van der Waals surface area contributed by atoms with E-state index in [0.29, 0.717) is 12.2 Å². The molecule has 0 aromatic rings. The molecule has 2 atom stereocenters. The van der Waals surface area contributed by atoms with Crippen LogP contribution >= 0.6 is 0 Å². The van der Waals surface area contributed by atoms with Gasteiger partial charge in [0.05, 0.1) is 6.42 Å². The van der Waals surface area contributed by atoms with Crippen molar-refractivity contribution in [2.45, 2.75) is 25.4 Å². The lowest BCUT2D eigenvalue weighted by Crippen LogP contribution is -2.18. The van der Waals surface area contributed by atoms with Crippen molar-refractivity contribution in [2.75, 3.05) is 20.4 Å². The van der Waals surface area contributed by atoms with E-state index in [2.05, 4.69) is 18.9 Å². The zero-order valence-electron chi connectivity index (χ0n) is 14.8. The van der Waals surface area contributed by atoms with Gasteiger partial charge in [0.1, 0.15) is 6.79 Å². The number of hydrogen-bond acceptors (Lipinski definition) is 11. The van der Waals surface area contributed by atoms with Gasteiger partial charge in [0.15, 0.2) is 26.2 Å². The van der Waals surface area contributed by atoms with E-state index in [4.69, 9.17) is 20.4 Å². The molecule has 0 radical (unpaired) electrons. The maximum absolute atomic E-state index is 11.5. The molecule has 0 amide bonds. The van der Waals surface area contributed by atoms with Crippen LogP contribution in [0.25, 0.3) is 0 Å². The molecule has 0 fully saturated rings. The van der Waals surface area contributed by atoms with E-state index in [0.717, 1.165) is 0 Å². The Morgan fingerprint density at radius 1 is 0.897 bits per heavy atom. The number of rotatable bonds is 15. The molecule has 0 aromatic heterocycles. The van der Waals surface area contributed by atoms with Gasteiger partial charge in [-0.2, -0.15) is 0 Å². The molecular formula is C15H20O14. The molecule has 14 nitrogen and oxygen atoms in total. The number of aliphatic carboxylic acids is 3. The van der Waals surface area contributed by atoms with Gasteiger partial charge < -0.3 is 49.6 Å². The Kier molecular flexibility index (Phi) is 12.8. The first-order valence-electron chi connectivity index (χ1n) is 7.61. The van der Waals surface area contributed by atoms with E-state index in [1.165, 1.54) is 0 Å². The lowest BCUT2D eigenvalue weighted by Gasteiger charge is -2.11. The van der Waals surface area contributed by atoms with Gasteiger partial charge >= 0.3 is 23.9 Å². The predicted octanol–water partition coefficient (Wildman–Crippen LogP) is -2.03. The number of carbonyl (C=O) groups is 4. The fourth-order valence-electron chi connectivity index (χ4n) is 1.57. The van der Waals surface area contributed by atoms with Crippen LogP contribution in [-0.4, -0.2) is 87.5 Å². The molecule has 0 spiro atoms. The Morgan fingerprint density at radius 3 is 2.03 bits per heavy atom. The number of aliphatic hydroxyl groups is 3. The molecule has 164 valence electrons. The molecule has 0 aliphatic rings. The average Bonchev–Trinajstić information content (AvgIpc) is 2.59. The van der Waals surface area contributed by atoms with Crippen LogP contribution in [0.15, 0.2) is 23.3 Å². The van der Waals surface area contributed by atoms with Crippen LogP contribution in [0.2, 0.25) is 0 Å². The summed E-state index contributed by atoms with van der Waals surface area (Å²) in [5.41, 5.74) is -1.21. The summed E-state index contributed by atoms with van der Waals surface area (Å²) in [5, 5.41) is 53.3. The van der Waals surface area contributed by atoms with Gasteiger partial charge in [-0.05, 0) is 6.08 Å².